The summed E-state index contributed by atoms with van der Waals surface area (Å²) < 4.78 is 55.7. The summed E-state index contributed by atoms with van der Waals surface area (Å²) in [5, 5.41) is 0. The van der Waals surface area contributed by atoms with E-state index in [1.165, 1.54) is 63.0 Å². The van der Waals surface area contributed by atoms with E-state index in [4.69, 9.17) is 9.47 Å². The summed E-state index contributed by atoms with van der Waals surface area (Å²) in [7, 11) is 0. The molecule has 1 atom stereocenters. The first kappa shape index (κ1) is 25.9. The first-order valence-corrected chi connectivity index (χ1v) is 13.5. The first-order chi connectivity index (χ1) is 16.9. The number of benzene rings is 2. The Hall–Kier alpha value is -2.17. The minimum atomic E-state index is -3.50. The maximum absolute atomic E-state index is 15.2. The van der Waals surface area contributed by atoms with Crippen LogP contribution < -0.4 is 9.47 Å². The third-order valence-electron chi connectivity index (χ3n) is 7.96. The van der Waals surface area contributed by atoms with Gasteiger partial charge in [0.25, 0.3) is 0 Å². The molecule has 0 aromatic heterocycles. The summed E-state index contributed by atoms with van der Waals surface area (Å²) in [4.78, 5) is 0. The molecule has 0 saturated heterocycles. The number of halogens is 3. The topological polar surface area (TPSA) is 18.5 Å². The Balaban J connectivity index is 1.55. The van der Waals surface area contributed by atoms with Crippen molar-refractivity contribution in [1.29, 1.82) is 0 Å². The van der Waals surface area contributed by atoms with Gasteiger partial charge in [0.2, 0.25) is 5.82 Å². The third kappa shape index (κ3) is 5.65. The monoisotopic (exact) mass is 488 g/mol. The van der Waals surface area contributed by atoms with Gasteiger partial charge in [0.15, 0.2) is 11.5 Å². The molecule has 35 heavy (non-hydrogen) atoms. The van der Waals surface area contributed by atoms with Crippen molar-refractivity contribution in [2.24, 2.45) is 0 Å². The van der Waals surface area contributed by atoms with E-state index in [1.54, 1.807) is 6.07 Å². The molecule has 0 radical (unpaired) electrons. The third-order valence-corrected chi connectivity index (χ3v) is 7.96. The molecule has 1 unspecified atom stereocenters. The molecular weight excluding hydrogens is 449 g/mol. The number of unbranched alkanes of at least 4 members (excludes halogenated alkanes) is 3. The van der Waals surface area contributed by atoms with Gasteiger partial charge in [-0.25, -0.2) is 0 Å². The predicted octanol–water partition coefficient (Wildman–Crippen LogP) is 9.10. The van der Waals surface area contributed by atoms with E-state index in [-0.39, 0.29) is 23.3 Å². The van der Waals surface area contributed by atoms with Crippen LogP contribution in [0.25, 0.3) is 0 Å². The molecule has 0 amide bonds. The molecule has 2 nitrogen and oxygen atoms in total. The standard InChI is InChI=1S/C30H39F3O2/c1-3-5-8-17-29(18-9-7-10-19-29)24-14-11-22(12-15-24)25-21-23-13-16-26(34-20-6-4-2)27(31)28(23)35-30(25,32)33/h11-16,25H,3-10,17-21H2,1-2H3. The Labute approximate surface area is 208 Å². The Morgan fingerprint density at radius 2 is 1.63 bits per heavy atom. The summed E-state index contributed by atoms with van der Waals surface area (Å²) in [6.45, 7) is 4.57. The molecule has 192 valence electrons. The second-order valence-corrected chi connectivity index (χ2v) is 10.4. The molecule has 5 heteroatoms. The lowest BCUT2D eigenvalue weighted by atomic mass is 9.66. The van der Waals surface area contributed by atoms with Crippen LogP contribution in [0.4, 0.5) is 13.2 Å². The summed E-state index contributed by atoms with van der Waals surface area (Å²) in [5.41, 5.74) is 2.43. The van der Waals surface area contributed by atoms with Gasteiger partial charge in [-0.1, -0.05) is 89.1 Å². The van der Waals surface area contributed by atoms with E-state index in [1.807, 2.05) is 19.1 Å². The lowest BCUT2D eigenvalue weighted by molar-refractivity contribution is -0.203. The van der Waals surface area contributed by atoms with E-state index in [9.17, 15) is 4.39 Å². The highest BCUT2D eigenvalue weighted by Gasteiger charge is 2.48. The first-order valence-electron chi connectivity index (χ1n) is 13.5. The highest BCUT2D eigenvalue weighted by molar-refractivity contribution is 5.46. The van der Waals surface area contributed by atoms with E-state index in [0.717, 1.165) is 19.3 Å². The highest BCUT2D eigenvalue weighted by Crippen LogP contribution is 2.48. The van der Waals surface area contributed by atoms with Crippen LogP contribution in [0, 0.1) is 5.82 Å². The fourth-order valence-corrected chi connectivity index (χ4v) is 5.84. The Kier molecular flexibility index (Phi) is 8.34. The molecule has 2 aliphatic rings. The minimum absolute atomic E-state index is 0.0233. The average Bonchev–Trinajstić information content (AvgIpc) is 2.86. The molecule has 0 bridgehead atoms. The fraction of sp³-hybridized carbons (Fsp3) is 0.600. The van der Waals surface area contributed by atoms with Gasteiger partial charge in [-0.05, 0) is 60.3 Å². The van der Waals surface area contributed by atoms with Crippen LogP contribution >= 0.6 is 0 Å². The number of hydrogen-bond acceptors (Lipinski definition) is 2. The summed E-state index contributed by atoms with van der Waals surface area (Å²) in [5.74, 6) is -2.40. The van der Waals surface area contributed by atoms with Crippen molar-refractivity contribution >= 4 is 0 Å². The normalized spacial score (nSPS) is 20.7. The van der Waals surface area contributed by atoms with Crippen molar-refractivity contribution in [3.63, 3.8) is 0 Å². The zero-order chi connectivity index (χ0) is 24.9. The smallest absolute Gasteiger partial charge is 0.405 e. The van der Waals surface area contributed by atoms with E-state index < -0.39 is 17.8 Å². The lowest BCUT2D eigenvalue weighted by Crippen LogP contribution is -2.38. The Bertz CT molecular complexity index is 964. The molecular formula is C30H39F3O2. The van der Waals surface area contributed by atoms with Gasteiger partial charge in [0.05, 0.1) is 12.5 Å². The molecule has 2 aromatic rings. The van der Waals surface area contributed by atoms with E-state index in [2.05, 4.69) is 19.1 Å². The van der Waals surface area contributed by atoms with Crippen LogP contribution in [-0.4, -0.2) is 12.7 Å². The molecule has 1 aliphatic carbocycles. The second kappa shape index (κ2) is 11.3. The van der Waals surface area contributed by atoms with Gasteiger partial charge >= 0.3 is 6.11 Å². The Morgan fingerprint density at radius 3 is 2.31 bits per heavy atom. The molecule has 4 rings (SSSR count). The van der Waals surface area contributed by atoms with Crippen LogP contribution in [0.2, 0.25) is 0 Å². The molecule has 1 heterocycles. The number of fused-ring (bicyclic) bond motifs is 1. The fourth-order valence-electron chi connectivity index (χ4n) is 5.84. The average molecular weight is 489 g/mol. The zero-order valence-electron chi connectivity index (χ0n) is 21.2. The number of hydrogen-bond donors (Lipinski definition) is 0. The van der Waals surface area contributed by atoms with E-state index >= 15 is 8.78 Å². The summed E-state index contributed by atoms with van der Waals surface area (Å²) in [6, 6.07) is 11.0. The lowest BCUT2D eigenvalue weighted by Gasteiger charge is -2.39. The molecule has 1 aliphatic heterocycles. The maximum atomic E-state index is 15.2. The predicted molar refractivity (Wildman–Crippen MR) is 134 cm³/mol. The van der Waals surface area contributed by atoms with Gasteiger partial charge in [-0.3, -0.25) is 0 Å². The highest BCUT2D eigenvalue weighted by atomic mass is 19.3. The van der Waals surface area contributed by atoms with Crippen molar-refractivity contribution in [3.05, 3.63) is 58.9 Å². The van der Waals surface area contributed by atoms with Crippen molar-refractivity contribution in [3.8, 4) is 11.5 Å². The minimum Gasteiger partial charge on any atom is -0.490 e. The van der Waals surface area contributed by atoms with Crippen molar-refractivity contribution in [2.75, 3.05) is 6.61 Å². The number of rotatable bonds is 10. The molecule has 1 saturated carbocycles. The molecule has 1 fully saturated rings. The van der Waals surface area contributed by atoms with Crippen molar-refractivity contribution in [1.82, 2.24) is 0 Å². The summed E-state index contributed by atoms with van der Waals surface area (Å²) >= 11 is 0. The largest absolute Gasteiger partial charge is 0.490 e. The van der Waals surface area contributed by atoms with Crippen LogP contribution in [0.3, 0.4) is 0 Å². The van der Waals surface area contributed by atoms with Crippen molar-refractivity contribution < 1.29 is 22.6 Å². The van der Waals surface area contributed by atoms with Gasteiger partial charge < -0.3 is 9.47 Å². The van der Waals surface area contributed by atoms with E-state index in [0.29, 0.717) is 17.7 Å². The van der Waals surface area contributed by atoms with Crippen LogP contribution in [0.15, 0.2) is 36.4 Å². The molecule has 0 spiro atoms. The van der Waals surface area contributed by atoms with Gasteiger partial charge in [0.1, 0.15) is 0 Å². The Morgan fingerprint density at radius 1 is 0.914 bits per heavy atom. The van der Waals surface area contributed by atoms with Crippen LogP contribution in [0.1, 0.15) is 107 Å². The number of ether oxygens (including phenoxy) is 2. The number of alkyl halides is 2. The maximum Gasteiger partial charge on any atom is 0.405 e. The van der Waals surface area contributed by atoms with Gasteiger partial charge in [-0.2, -0.15) is 13.2 Å². The van der Waals surface area contributed by atoms with Crippen LogP contribution in [-0.2, 0) is 11.8 Å². The zero-order valence-corrected chi connectivity index (χ0v) is 21.2. The second-order valence-electron chi connectivity index (χ2n) is 10.4. The molecule has 0 N–H and O–H groups in total. The quantitative estimate of drug-likeness (QED) is 0.311. The van der Waals surface area contributed by atoms with Crippen molar-refractivity contribution in [2.45, 2.75) is 108 Å². The van der Waals surface area contributed by atoms with Gasteiger partial charge in [0, 0.05) is 0 Å². The summed E-state index contributed by atoms with van der Waals surface area (Å²) in [6.07, 6.45) is 9.08. The van der Waals surface area contributed by atoms with Gasteiger partial charge in [-0.15, -0.1) is 0 Å². The SMILES string of the molecule is CCCCCC1(c2ccc(C3Cc4ccc(OCCCC)c(F)c4OC3(F)F)cc2)CCCCC1. The molecule has 2 aromatic carbocycles. The van der Waals surface area contributed by atoms with Crippen LogP contribution in [0.5, 0.6) is 11.5 Å².